The van der Waals surface area contributed by atoms with Crippen molar-refractivity contribution in [1.29, 1.82) is 0 Å². The van der Waals surface area contributed by atoms with Gasteiger partial charge in [0.2, 0.25) is 17.7 Å². The van der Waals surface area contributed by atoms with Crippen molar-refractivity contribution in [2.24, 2.45) is 5.73 Å². The normalized spacial score (nSPS) is 28.0. The number of fused-ring (bicyclic) bond motifs is 1. The van der Waals surface area contributed by atoms with E-state index in [4.69, 9.17) is 5.73 Å². The quantitative estimate of drug-likeness (QED) is 0.773. The predicted octanol–water partition coefficient (Wildman–Crippen LogP) is 0.262. The van der Waals surface area contributed by atoms with E-state index < -0.39 is 22.7 Å². The summed E-state index contributed by atoms with van der Waals surface area (Å²) in [5.74, 6) is -0.944. The van der Waals surface area contributed by atoms with Gasteiger partial charge in [0.1, 0.15) is 17.5 Å². The number of nitrogens with two attached hydrogens (primary N) is 1. The highest BCUT2D eigenvalue weighted by atomic mass is 32.2. The summed E-state index contributed by atoms with van der Waals surface area (Å²) in [4.78, 5) is 37.6. The number of rotatable bonds is 4. The molecule has 1 aromatic carbocycles. The Morgan fingerprint density at radius 2 is 1.96 bits per heavy atom. The minimum absolute atomic E-state index is 0.199. The molecule has 0 bridgehead atoms. The number of β-lactam (4-membered cyclic amide) rings is 1. The largest absolute Gasteiger partial charge is 0.368 e. The first-order valence-electron chi connectivity index (χ1n) is 7.44. The van der Waals surface area contributed by atoms with Gasteiger partial charge in [0.05, 0.1) is 6.42 Å². The minimum Gasteiger partial charge on any atom is -0.368 e. The molecule has 6 nitrogen and oxygen atoms in total. The first-order chi connectivity index (χ1) is 10.8. The van der Waals surface area contributed by atoms with Gasteiger partial charge in [0.15, 0.2) is 0 Å². The van der Waals surface area contributed by atoms with E-state index >= 15 is 0 Å². The number of carbonyl (C=O) groups excluding carboxylic acids is 3. The fraction of sp³-hybridized carbons (Fsp3) is 0.438. The Hall–Kier alpha value is -2.02. The molecule has 3 atom stereocenters. The summed E-state index contributed by atoms with van der Waals surface area (Å²) in [6.45, 7) is 3.78. The molecule has 0 spiro atoms. The Bertz CT molecular complexity index is 662. The van der Waals surface area contributed by atoms with Gasteiger partial charge in [-0.1, -0.05) is 30.3 Å². The molecule has 122 valence electrons. The monoisotopic (exact) mass is 333 g/mol. The Morgan fingerprint density at radius 3 is 2.57 bits per heavy atom. The molecule has 2 fully saturated rings. The van der Waals surface area contributed by atoms with E-state index in [0.717, 1.165) is 5.56 Å². The summed E-state index contributed by atoms with van der Waals surface area (Å²) >= 11 is 1.50. The molecule has 0 aromatic heterocycles. The fourth-order valence-electron chi connectivity index (χ4n) is 3.21. The Balaban J connectivity index is 1.66. The van der Waals surface area contributed by atoms with Gasteiger partial charge in [0, 0.05) is 4.75 Å². The van der Waals surface area contributed by atoms with Crippen LogP contribution in [0, 0.1) is 0 Å². The molecule has 3 rings (SSSR count). The van der Waals surface area contributed by atoms with Crippen molar-refractivity contribution < 1.29 is 14.4 Å². The lowest BCUT2D eigenvalue weighted by Gasteiger charge is -2.43. The number of nitrogens with zero attached hydrogens (tertiary/aromatic N) is 1. The number of primary amides is 1. The van der Waals surface area contributed by atoms with E-state index in [2.05, 4.69) is 5.32 Å². The van der Waals surface area contributed by atoms with Crippen LogP contribution in [0.1, 0.15) is 19.4 Å². The SMILES string of the molecule is CC1(C)S[C@@H]2[C@H](NC(=O)Cc3ccccc3)C(=O)N2[C@H]1C(N)=O. The lowest BCUT2D eigenvalue weighted by molar-refractivity contribution is -0.154. The Kier molecular flexibility index (Phi) is 3.83. The Morgan fingerprint density at radius 1 is 1.30 bits per heavy atom. The van der Waals surface area contributed by atoms with Crippen LogP contribution in [-0.2, 0) is 20.8 Å². The topological polar surface area (TPSA) is 92.5 Å². The molecular weight excluding hydrogens is 314 g/mol. The van der Waals surface area contributed by atoms with Crippen LogP contribution in [0.5, 0.6) is 0 Å². The molecule has 0 unspecified atom stereocenters. The van der Waals surface area contributed by atoms with Crippen molar-refractivity contribution in [2.45, 2.75) is 42.5 Å². The minimum atomic E-state index is -0.632. The van der Waals surface area contributed by atoms with Crippen molar-refractivity contribution in [3.8, 4) is 0 Å². The summed E-state index contributed by atoms with van der Waals surface area (Å²) < 4.78 is -0.453. The van der Waals surface area contributed by atoms with Crippen LogP contribution in [0.25, 0.3) is 0 Å². The van der Waals surface area contributed by atoms with E-state index in [-0.39, 0.29) is 23.6 Å². The zero-order valence-electron chi connectivity index (χ0n) is 13.0. The van der Waals surface area contributed by atoms with Crippen LogP contribution in [0.3, 0.4) is 0 Å². The second-order valence-electron chi connectivity index (χ2n) is 6.37. The van der Waals surface area contributed by atoms with Gasteiger partial charge >= 0.3 is 0 Å². The number of hydrogen-bond donors (Lipinski definition) is 2. The maximum absolute atomic E-state index is 12.3. The third-order valence-corrected chi connectivity index (χ3v) is 5.81. The smallest absolute Gasteiger partial charge is 0.249 e. The van der Waals surface area contributed by atoms with Gasteiger partial charge < -0.3 is 16.0 Å². The molecule has 2 aliphatic rings. The number of carbonyl (C=O) groups is 3. The average molecular weight is 333 g/mol. The molecule has 2 saturated heterocycles. The van der Waals surface area contributed by atoms with Crippen LogP contribution < -0.4 is 11.1 Å². The first kappa shape index (κ1) is 15.9. The zero-order valence-corrected chi connectivity index (χ0v) is 13.8. The maximum atomic E-state index is 12.3. The van der Waals surface area contributed by atoms with Crippen LogP contribution >= 0.6 is 11.8 Å². The van der Waals surface area contributed by atoms with E-state index in [9.17, 15) is 14.4 Å². The lowest BCUT2D eigenvalue weighted by atomic mass is 9.95. The number of amides is 3. The summed E-state index contributed by atoms with van der Waals surface area (Å²) in [6, 6.07) is 8.13. The molecular formula is C16H19N3O3S. The lowest BCUT2D eigenvalue weighted by Crippen LogP contribution is -2.71. The van der Waals surface area contributed by atoms with Gasteiger partial charge in [-0.2, -0.15) is 0 Å². The van der Waals surface area contributed by atoms with Gasteiger partial charge in [-0.15, -0.1) is 11.8 Å². The summed E-state index contributed by atoms with van der Waals surface area (Å²) in [5.41, 5.74) is 6.33. The standard InChI is InChI=1S/C16H19N3O3S/c1-16(2)12(13(17)21)19-14(22)11(15(19)23-16)18-10(20)8-9-6-4-3-5-7-9/h3-7,11-12,15H,8H2,1-2H3,(H2,17,21)(H,18,20)/t11-,12+,15-/m1/s1. The molecule has 23 heavy (non-hydrogen) atoms. The molecule has 7 heteroatoms. The number of hydrogen-bond acceptors (Lipinski definition) is 4. The third kappa shape index (κ3) is 2.69. The first-order valence-corrected chi connectivity index (χ1v) is 8.32. The highest BCUT2D eigenvalue weighted by Crippen LogP contribution is 2.50. The van der Waals surface area contributed by atoms with E-state index in [1.165, 1.54) is 16.7 Å². The van der Waals surface area contributed by atoms with E-state index in [1.54, 1.807) is 0 Å². The van der Waals surface area contributed by atoms with Crippen molar-refractivity contribution in [2.75, 3.05) is 0 Å². The second kappa shape index (κ2) is 5.56. The van der Waals surface area contributed by atoms with Gasteiger partial charge in [-0.3, -0.25) is 14.4 Å². The van der Waals surface area contributed by atoms with Crippen molar-refractivity contribution in [3.63, 3.8) is 0 Å². The summed E-state index contributed by atoms with van der Waals surface area (Å²) in [6.07, 6.45) is 0.227. The van der Waals surface area contributed by atoms with Gasteiger partial charge in [0.25, 0.3) is 0 Å². The third-order valence-electron chi connectivity index (χ3n) is 4.23. The Labute approximate surface area is 138 Å². The van der Waals surface area contributed by atoms with Crippen molar-refractivity contribution in [3.05, 3.63) is 35.9 Å². The molecule has 0 saturated carbocycles. The molecule has 0 radical (unpaired) electrons. The molecule has 3 amide bonds. The highest BCUT2D eigenvalue weighted by Gasteiger charge is 2.63. The predicted molar refractivity (Wildman–Crippen MR) is 87.4 cm³/mol. The maximum Gasteiger partial charge on any atom is 0.249 e. The second-order valence-corrected chi connectivity index (χ2v) is 8.14. The molecule has 1 aromatic rings. The summed E-state index contributed by atoms with van der Waals surface area (Å²) in [7, 11) is 0. The van der Waals surface area contributed by atoms with Crippen molar-refractivity contribution >= 4 is 29.5 Å². The van der Waals surface area contributed by atoms with Gasteiger partial charge in [-0.25, -0.2) is 0 Å². The molecule has 2 aliphatic heterocycles. The van der Waals surface area contributed by atoms with Crippen LogP contribution in [0.4, 0.5) is 0 Å². The molecule has 2 heterocycles. The zero-order chi connectivity index (χ0) is 16.8. The number of benzene rings is 1. The van der Waals surface area contributed by atoms with E-state index in [0.29, 0.717) is 0 Å². The van der Waals surface area contributed by atoms with Gasteiger partial charge in [-0.05, 0) is 19.4 Å². The van der Waals surface area contributed by atoms with Crippen LogP contribution in [0.15, 0.2) is 30.3 Å². The molecule has 3 N–H and O–H groups in total. The average Bonchev–Trinajstić information content (AvgIpc) is 2.74. The van der Waals surface area contributed by atoms with Crippen LogP contribution in [0.2, 0.25) is 0 Å². The number of nitrogens with one attached hydrogen (secondary N) is 1. The van der Waals surface area contributed by atoms with Crippen LogP contribution in [-0.4, -0.2) is 44.8 Å². The van der Waals surface area contributed by atoms with E-state index in [1.807, 2.05) is 44.2 Å². The molecule has 0 aliphatic carbocycles. The summed E-state index contributed by atoms with van der Waals surface area (Å²) in [5, 5.41) is 2.55. The highest BCUT2D eigenvalue weighted by molar-refractivity contribution is 8.01. The number of thioether (sulfide) groups is 1. The van der Waals surface area contributed by atoms with Crippen molar-refractivity contribution in [1.82, 2.24) is 10.2 Å². The fourth-order valence-corrected chi connectivity index (χ4v) is 4.86.